The molecule has 1 aromatic carbocycles. The molecule has 0 radical (unpaired) electrons. The summed E-state index contributed by atoms with van der Waals surface area (Å²) in [5.41, 5.74) is 2.44. The maximum absolute atomic E-state index is 5.38. The summed E-state index contributed by atoms with van der Waals surface area (Å²) in [5, 5.41) is 7.71. The van der Waals surface area contributed by atoms with Crippen LogP contribution in [0.25, 0.3) is 0 Å². The van der Waals surface area contributed by atoms with Crippen molar-refractivity contribution in [2.24, 2.45) is 0 Å². The zero-order valence-electron chi connectivity index (χ0n) is 11.8. The highest BCUT2D eigenvalue weighted by Gasteiger charge is 2.06. The number of ether oxygens (including phenoxy) is 1. The van der Waals surface area contributed by atoms with Gasteiger partial charge >= 0.3 is 0 Å². The molecule has 1 unspecified atom stereocenters. The Balaban J connectivity index is 1.92. The second-order valence-electron chi connectivity index (χ2n) is 4.83. The van der Waals surface area contributed by atoms with Gasteiger partial charge in [0.25, 0.3) is 0 Å². The van der Waals surface area contributed by atoms with Crippen molar-refractivity contribution in [2.45, 2.75) is 33.0 Å². The van der Waals surface area contributed by atoms with Gasteiger partial charge in [0.05, 0.1) is 13.7 Å². The third-order valence-corrected chi connectivity index (χ3v) is 3.10. The third kappa shape index (κ3) is 3.83. The maximum atomic E-state index is 5.38. The van der Waals surface area contributed by atoms with Crippen molar-refractivity contribution in [3.8, 4) is 5.75 Å². The molecule has 0 fully saturated rings. The van der Waals surface area contributed by atoms with Gasteiger partial charge in [0.15, 0.2) is 0 Å². The van der Waals surface area contributed by atoms with Gasteiger partial charge in [-0.1, -0.05) is 17.7 Å². The Hall–Kier alpha value is -1.81. The molecule has 19 heavy (non-hydrogen) atoms. The SMILES string of the molecule is COc1ccc(C)cc1CNC(C)Cn1cccn1. The number of hydrogen-bond acceptors (Lipinski definition) is 3. The van der Waals surface area contributed by atoms with E-state index < -0.39 is 0 Å². The fraction of sp³-hybridized carbons (Fsp3) is 0.400. The highest BCUT2D eigenvalue weighted by atomic mass is 16.5. The predicted molar refractivity (Wildman–Crippen MR) is 76.3 cm³/mol. The molecule has 2 rings (SSSR count). The fourth-order valence-corrected chi connectivity index (χ4v) is 2.08. The topological polar surface area (TPSA) is 39.1 Å². The zero-order chi connectivity index (χ0) is 13.7. The van der Waals surface area contributed by atoms with Crippen LogP contribution < -0.4 is 10.1 Å². The van der Waals surface area contributed by atoms with Crippen LogP contribution in [0.2, 0.25) is 0 Å². The Labute approximate surface area is 114 Å². The summed E-state index contributed by atoms with van der Waals surface area (Å²) in [4.78, 5) is 0. The van der Waals surface area contributed by atoms with Crippen molar-refractivity contribution in [2.75, 3.05) is 7.11 Å². The molecular formula is C15H21N3O. The summed E-state index contributed by atoms with van der Waals surface area (Å²) in [7, 11) is 1.71. The first-order valence-electron chi connectivity index (χ1n) is 6.53. The lowest BCUT2D eigenvalue weighted by Crippen LogP contribution is -2.30. The van der Waals surface area contributed by atoms with Gasteiger partial charge in [0.1, 0.15) is 5.75 Å². The van der Waals surface area contributed by atoms with Crippen molar-refractivity contribution in [3.05, 3.63) is 47.8 Å². The second-order valence-corrected chi connectivity index (χ2v) is 4.83. The maximum Gasteiger partial charge on any atom is 0.123 e. The number of hydrogen-bond donors (Lipinski definition) is 1. The quantitative estimate of drug-likeness (QED) is 0.865. The van der Waals surface area contributed by atoms with E-state index in [1.807, 2.05) is 23.0 Å². The van der Waals surface area contributed by atoms with Gasteiger partial charge in [-0.05, 0) is 26.0 Å². The number of benzene rings is 1. The first-order valence-corrected chi connectivity index (χ1v) is 6.53. The summed E-state index contributed by atoms with van der Waals surface area (Å²) in [6.45, 7) is 5.91. The van der Waals surface area contributed by atoms with Crippen molar-refractivity contribution in [1.82, 2.24) is 15.1 Å². The normalized spacial score (nSPS) is 12.4. The van der Waals surface area contributed by atoms with Gasteiger partial charge in [-0.25, -0.2) is 0 Å². The van der Waals surface area contributed by atoms with Gasteiger partial charge in [0, 0.05) is 30.5 Å². The lowest BCUT2D eigenvalue weighted by atomic mass is 10.1. The average Bonchev–Trinajstić information content (AvgIpc) is 2.89. The van der Waals surface area contributed by atoms with E-state index in [1.165, 1.54) is 11.1 Å². The summed E-state index contributed by atoms with van der Waals surface area (Å²) < 4.78 is 7.32. The number of methoxy groups -OCH3 is 1. The van der Waals surface area contributed by atoms with E-state index in [9.17, 15) is 0 Å². The van der Waals surface area contributed by atoms with E-state index in [4.69, 9.17) is 4.74 Å². The van der Waals surface area contributed by atoms with Gasteiger partial charge in [-0.15, -0.1) is 0 Å². The van der Waals surface area contributed by atoms with Gasteiger partial charge in [0.2, 0.25) is 0 Å². The lowest BCUT2D eigenvalue weighted by Gasteiger charge is -2.16. The first-order chi connectivity index (χ1) is 9.19. The molecule has 0 bridgehead atoms. The molecule has 4 heteroatoms. The zero-order valence-corrected chi connectivity index (χ0v) is 11.8. The minimum atomic E-state index is 0.352. The van der Waals surface area contributed by atoms with Crippen LogP contribution in [-0.2, 0) is 13.1 Å². The molecule has 1 aromatic heterocycles. The van der Waals surface area contributed by atoms with Crippen LogP contribution in [0.4, 0.5) is 0 Å². The summed E-state index contributed by atoms with van der Waals surface area (Å²) >= 11 is 0. The molecule has 1 heterocycles. The summed E-state index contributed by atoms with van der Waals surface area (Å²) in [5.74, 6) is 0.935. The molecule has 2 aromatic rings. The van der Waals surface area contributed by atoms with Crippen LogP contribution in [0.5, 0.6) is 5.75 Å². The lowest BCUT2D eigenvalue weighted by molar-refractivity contribution is 0.401. The second kappa shape index (κ2) is 6.38. The van der Waals surface area contributed by atoms with E-state index in [0.29, 0.717) is 6.04 Å². The molecule has 1 N–H and O–H groups in total. The number of nitrogens with zero attached hydrogens (tertiary/aromatic N) is 2. The Kier molecular flexibility index (Phi) is 4.58. The molecular weight excluding hydrogens is 238 g/mol. The van der Waals surface area contributed by atoms with Crippen LogP contribution in [0.3, 0.4) is 0 Å². The third-order valence-electron chi connectivity index (χ3n) is 3.10. The minimum Gasteiger partial charge on any atom is -0.496 e. The average molecular weight is 259 g/mol. The van der Waals surface area contributed by atoms with E-state index >= 15 is 0 Å². The standard InChI is InChI=1S/C15H21N3O/c1-12-5-6-15(19-3)14(9-12)10-16-13(2)11-18-8-4-7-17-18/h4-9,13,16H,10-11H2,1-3H3. The number of aromatic nitrogens is 2. The van der Waals surface area contributed by atoms with Gasteiger partial charge in [-0.3, -0.25) is 4.68 Å². The Bertz CT molecular complexity index is 508. The van der Waals surface area contributed by atoms with Crippen molar-refractivity contribution in [1.29, 1.82) is 0 Å². The van der Waals surface area contributed by atoms with Gasteiger partial charge in [-0.2, -0.15) is 5.10 Å². The smallest absolute Gasteiger partial charge is 0.123 e. The molecule has 0 aliphatic rings. The van der Waals surface area contributed by atoms with E-state index in [-0.39, 0.29) is 0 Å². The number of nitrogens with one attached hydrogen (secondary N) is 1. The number of rotatable bonds is 6. The molecule has 0 aliphatic carbocycles. The largest absolute Gasteiger partial charge is 0.496 e. The Morgan fingerprint density at radius 1 is 1.42 bits per heavy atom. The monoisotopic (exact) mass is 259 g/mol. The number of aryl methyl sites for hydroxylation is 1. The molecule has 0 saturated heterocycles. The Morgan fingerprint density at radius 3 is 2.95 bits per heavy atom. The highest BCUT2D eigenvalue weighted by molar-refractivity contribution is 5.36. The van der Waals surface area contributed by atoms with Crippen LogP contribution in [0.1, 0.15) is 18.1 Å². The molecule has 0 saturated carbocycles. The van der Waals surface area contributed by atoms with Gasteiger partial charge < -0.3 is 10.1 Å². The van der Waals surface area contributed by atoms with Crippen LogP contribution >= 0.6 is 0 Å². The van der Waals surface area contributed by atoms with Crippen molar-refractivity contribution in [3.63, 3.8) is 0 Å². The van der Waals surface area contributed by atoms with E-state index in [2.05, 4.69) is 36.4 Å². The molecule has 1 atom stereocenters. The molecule has 0 aliphatic heterocycles. The Morgan fingerprint density at radius 2 is 2.26 bits per heavy atom. The summed E-state index contributed by atoms with van der Waals surface area (Å²) in [6.07, 6.45) is 3.78. The molecule has 102 valence electrons. The van der Waals surface area contributed by atoms with E-state index in [0.717, 1.165) is 18.8 Å². The summed E-state index contributed by atoms with van der Waals surface area (Å²) in [6, 6.07) is 8.54. The fourth-order valence-electron chi connectivity index (χ4n) is 2.08. The van der Waals surface area contributed by atoms with E-state index in [1.54, 1.807) is 13.3 Å². The van der Waals surface area contributed by atoms with Crippen molar-refractivity contribution < 1.29 is 4.74 Å². The van der Waals surface area contributed by atoms with Crippen molar-refractivity contribution >= 4 is 0 Å². The predicted octanol–water partition coefficient (Wildman–Crippen LogP) is 2.38. The van der Waals surface area contributed by atoms with Crippen LogP contribution in [0.15, 0.2) is 36.7 Å². The minimum absolute atomic E-state index is 0.352. The highest BCUT2D eigenvalue weighted by Crippen LogP contribution is 2.19. The molecule has 4 nitrogen and oxygen atoms in total. The first kappa shape index (κ1) is 13.6. The van der Waals surface area contributed by atoms with Crippen LogP contribution in [-0.4, -0.2) is 22.9 Å². The van der Waals surface area contributed by atoms with Crippen LogP contribution in [0, 0.1) is 6.92 Å². The molecule has 0 spiro atoms. The molecule has 0 amide bonds.